The van der Waals surface area contributed by atoms with E-state index in [0.717, 1.165) is 13.0 Å². The highest BCUT2D eigenvalue weighted by atomic mass is 32.2. The van der Waals surface area contributed by atoms with E-state index in [1.807, 2.05) is 0 Å². The van der Waals surface area contributed by atoms with Crippen molar-refractivity contribution in [3.05, 3.63) is 41.5 Å². The normalized spacial score (nSPS) is 23.7. The van der Waals surface area contributed by atoms with E-state index in [2.05, 4.69) is 56.0 Å². The molecule has 1 unspecified atom stereocenters. The topological polar surface area (TPSA) is 40.6 Å². The minimum absolute atomic E-state index is 0.155. The average molecular weight is 363 g/mol. The quantitative estimate of drug-likeness (QED) is 0.824. The number of likely N-dealkylation sites (tertiary alicyclic amines) is 1. The standard InChI is InChI=1S/C20H30N2O2S/c1-20(2,3)22-13-7-10-19(22)18-9-6-5-8-17(18)16-11-14-21(15-12-16)25(4,23)24/h5-6,8-9,11,19H,7,10,12-15H2,1-4H3. The Morgan fingerprint density at radius 3 is 2.44 bits per heavy atom. The van der Waals surface area contributed by atoms with E-state index in [1.54, 1.807) is 4.31 Å². The van der Waals surface area contributed by atoms with Crippen LogP contribution in [0.4, 0.5) is 0 Å². The van der Waals surface area contributed by atoms with Crippen molar-refractivity contribution >= 4 is 15.6 Å². The van der Waals surface area contributed by atoms with Gasteiger partial charge in [-0.1, -0.05) is 30.3 Å². The van der Waals surface area contributed by atoms with Crippen molar-refractivity contribution in [2.24, 2.45) is 0 Å². The highest BCUT2D eigenvalue weighted by Gasteiger charge is 2.35. The number of hydrogen-bond donors (Lipinski definition) is 0. The predicted octanol–water partition coefficient (Wildman–Crippen LogP) is 3.67. The molecule has 0 aliphatic carbocycles. The summed E-state index contributed by atoms with van der Waals surface area (Å²) in [5, 5.41) is 0. The van der Waals surface area contributed by atoms with Crippen LogP contribution in [0.1, 0.15) is 57.2 Å². The molecule has 1 atom stereocenters. The summed E-state index contributed by atoms with van der Waals surface area (Å²) in [7, 11) is -3.10. The summed E-state index contributed by atoms with van der Waals surface area (Å²) in [5.74, 6) is 0. The summed E-state index contributed by atoms with van der Waals surface area (Å²) < 4.78 is 25.0. The second-order valence-electron chi connectivity index (χ2n) is 8.21. The Balaban J connectivity index is 1.91. The van der Waals surface area contributed by atoms with Crippen LogP contribution in [0, 0.1) is 0 Å². The van der Waals surface area contributed by atoms with Crippen molar-refractivity contribution in [3.63, 3.8) is 0 Å². The maximum atomic E-state index is 11.7. The second kappa shape index (κ2) is 6.86. The molecule has 4 nitrogen and oxygen atoms in total. The van der Waals surface area contributed by atoms with Crippen molar-refractivity contribution in [1.29, 1.82) is 0 Å². The number of sulfonamides is 1. The number of nitrogens with zero attached hydrogens (tertiary/aromatic N) is 2. The molecule has 138 valence electrons. The number of benzene rings is 1. The molecule has 2 aliphatic rings. The lowest BCUT2D eigenvalue weighted by Gasteiger charge is -2.38. The van der Waals surface area contributed by atoms with Gasteiger partial charge < -0.3 is 0 Å². The van der Waals surface area contributed by atoms with Crippen LogP contribution >= 0.6 is 0 Å². The smallest absolute Gasteiger partial charge is 0.211 e. The molecule has 0 saturated carbocycles. The first kappa shape index (κ1) is 18.6. The molecule has 0 amide bonds. The van der Waals surface area contributed by atoms with Gasteiger partial charge in [0.25, 0.3) is 0 Å². The van der Waals surface area contributed by atoms with Crippen molar-refractivity contribution in [2.75, 3.05) is 25.9 Å². The Hall–Kier alpha value is -1.17. The molecule has 0 spiro atoms. The van der Waals surface area contributed by atoms with Gasteiger partial charge in [-0.3, -0.25) is 4.90 Å². The molecule has 5 heteroatoms. The van der Waals surface area contributed by atoms with Crippen molar-refractivity contribution in [2.45, 2.75) is 51.6 Å². The van der Waals surface area contributed by atoms with Crippen molar-refractivity contribution < 1.29 is 8.42 Å². The van der Waals surface area contributed by atoms with Crippen LogP contribution in [0.15, 0.2) is 30.3 Å². The first-order valence-electron chi connectivity index (χ1n) is 9.18. The van der Waals surface area contributed by atoms with Crippen molar-refractivity contribution in [3.8, 4) is 0 Å². The molecule has 2 heterocycles. The number of hydrogen-bond acceptors (Lipinski definition) is 3. The Bertz CT molecular complexity index is 762. The highest BCUT2D eigenvalue weighted by Crippen LogP contribution is 2.40. The first-order chi connectivity index (χ1) is 11.7. The van der Waals surface area contributed by atoms with Crippen LogP contribution in [-0.2, 0) is 10.0 Å². The lowest BCUT2D eigenvalue weighted by atomic mass is 9.89. The fraction of sp³-hybridized carbons (Fsp3) is 0.600. The lowest BCUT2D eigenvalue weighted by molar-refractivity contribution is 0.121. The third-order valence-electron chi connectivity index (χ3n) is 5.42. The zero-order valence-corrected chi connectivity index (χ0v) is 16.6. The summed E-state index contributed by atoms with van der Waals surface area (Å²) in [6.07, 6.45) is 6.60. The Morgan fingerprint density at radius 2 is 1.84 bits per heavy atom. The second-order valence-corrected chi connectivity index (χ2v) is 10.2. The van der Waals surface area contributed by atoms with E-state index in [4.69, 9.17) is 0 Å². The Morgan fingerprint density at radius 1 is 1.12 bits per heavy atom. The Labute approximate surface area is 152 Å². The number of rotatable bonds is 3. The molecule has 1 aromatic rings. The van der Waals surface area contributed by atoms with Gasteiger partial charge in [0.1, 0.15) is 0 Å². The minimum Gasteiger partial charge on any atom is -0.291 e. The van der Waals surface area contributed by atoms with Crippen LogP contribution < -0.4 is 0 Å². The fourth-order valence-corrected chi connectivity index (χ4v) is 4.94. The third-order valence-corrected chi connectivity index (χ3v) is 6.69. The molecule has 0 N–H and O–H groups in total. The molecule has 0 bridgehead atoms. The molecule has 1 fully saturated rings. The van der Waals surface area contributed by atoms with Gasteiger partial charge in [-0.25, -0.2) is 8.42 Å². The molecular weight excluding hydrogens is 332 g/mol. The summed E-state index contributed by atoms with van der Waals surface area (Å²) in [4.78, 5) is 2.61. The minimum atomic E-state index is -3.10. The maximum absolute atomic E-state index is 11.7. The summed E-state index contributed by atoms with van der Waals surface area (Å²) in [5.41, 5.74) is 4.14. The zero-order chi connectivity index (χ0) is 18.2. The van der Waals surface area contributed by atoms with Gasteiger partial charge in [-0.05, 0) is 63.3 Å². The average Bonchev–Trinajstić information content (AvgIpc) is 3.04. The molecule has 2 aliphatic heterocycles. The fourth-order valence-electron chi connectivity index (χ4n) is 4.17. The van der Waals surface area contributed by atoms with Crippen LogP contribution in [0.2, 0.25) is 0 Å². The van der Waals surface area contributed by atoms with Gasteiger partial charge in [-0.2, -0.15) is 4.31 Å². The summed E-state index contributed by atoms with van der Waals surface area (Å²) in [6, 6.07) is 9.14. The third kappa shape index (κ3) is 3.99. The molecule has 0 radical (unpaired) electrons. The molecule has 1 aromatic carbocycles. The monoisotopic (exact) mass is 362 g/mol. The van der Waals surface area contributed by atoms with Gasteiger partial charge in [0.15, 0.2) is 0 Å². The lowest BCUT2D eigenvalue weighted by Crippen LogP contribution is -2.41. The molecule has 3 rings (SSSR count). The SMILES string of the molecule is CC(C)(C)N1CCCC1c1ccccc1C1=CCN(S(C)(=O)=O)CC1. The van der Waals surface area contributed by atoms with E-state index >= 15 is 0 Å². The predicted molar refractivity (Wildman–Crippen MR) is 104 cm³/mol. The van der Waals surface area contributed by atoms with E-state index in [1.165, 1.54) is 35.8 Å². The van der Waals surface area contributed by atoms with Crippen LogP contribution in [0.3, 0.4) is 0 Å². The molecule has 1 saturated heterocycles. The molecule has 0 aromatic heterocycles. The molecular formula is C20H30N2O2S. The van der Waals surface area contributed by atoms with E-state index in [-0.39, 0.29) is 5.54 Å². The van der Waals surface area contributed by atoms with E-state index in [0.29, 0.717) is 19.1 Å². The zero-order valence-electron chi connectivity index (χ0n) is 15.8. The maximum Gasteiger partial charge on any atom is 0.211 e. The first-order valence-corrected chi connectivity index (χ1v) is 11.0. The van der Waals surface area contributed by atoms with Gasteiger partial charge in [0.2, 0.25) is 10.0 Å². The summed E-state index contributed by atoms with van der Waals surface area (Å²) >= 11 is 0. The largest absolute Gasteiger partial charge is 0.291 e. The Kier molecular flexibility index (Phi) is 5.11. The van der Waals surface area contributed by atoms with Crippen LogP contribution in [0.5, 0.6) is 0 Å². The van der Waals surface area contributed by atoms with Crippen LogP contribution in [-0.4, -0.2) is 49.1 Å². The molecule has 25 heavy (non-hydrogen) atoms. The van der Waals surface area contributed by atoms with Gasteiger partial charge in [-0.15, -0.1) is 0 Å². The van der Waals surface area contributed by atoms with Gasteiger partial charge in [0, 0.05) is 24.7 Å². The van der Waals surface area contributed by atoms with E-state index in [9.17, 15) is 8.42 Å². The van der Waals surface area contributed by atoms with Gasteiger partial charge >= 0.3 is 0 Å². The van der Waals surface area contributed by atoms with Gasteiger partial charge in [0.05, 0.1) is 6.26 Å². The van der Waals surface area contributed by atoms with E-state index < -0.39 is 10.0 Å². The highest BCUT2D eigenvalue weighted by molar-refractivity contribution is 7.88. The summed E-state index contributed by atoms with van der Waals surface area (Å²) in [6.45, 7) is 9.07. The van der Waals surface area contributed by atoms with Crippen molar-refractivity contribution in [1.82, 2.24) is 9.21 Å². The van der Waals surface area contributed by atoms with Crippen LogP contribution in [0.25, 0.3) is 5.57 Å².